The molecule has 0 spiro atoms. The molecule has 2 atom stereocenters. The number of halogens is 1. The van der Waals surface area contributed by atoms with E-state index in [4.69, 9.17) is 0 Å². The van der Waals surface area contributed by atoms with Gasteiger partial charge < -0.3 is 9.67 Å². The zero-order valence-electron chi connectivity index (χ0n) is 17.1. The molecule has 0 amide bonds. The second-order valence-corrected chi connectivity index (χ2v) is 8.80. The summed E-state index contributed by atoms with van der Waals surface area (Å²) in [4.78, 5) is 6.96. The molecule has 156 valence electrons. The first-order chi connectivity index (χ1) is 14.6. The number of nitrogens with zero attached hydrogens (tertiary/aromatic N) is 3. The highest BCUT2D eigenvalue weighted by atomic mass is 19.1. The molecule has 5 heteroatoms. The van der Waals surface area contributed by atoms with Crippen LogP contribution in [-0.4, -0.2) is 32.6 Å². The van der Waals surface area contributed by atoms with Crippen molar-refractivity contribution in [3.8, 4) is 0 Å². The van der Waals surface area contributed by atoms with Gasteiger partial charge in [0, 0.05) is 56.0 Å². The van der Waals surface area contributed by atoms with Crippen LogP contribution in [0, 0.1) is 17.7 Å². The van der Waals surface area contributed by atoms with Gasteiger partial charge in [0.15, 0.2) is 0 Å². The first kappa shape index (κ1) is 19.5. The fourth-order valence-corrected chi connectivity index (χ4v) is 5.47. The Balaban J connectivity index is 1.40. The van der Waals surface area contributed by atoms with Crippen molar-refractivity contribution in [3.05, 3.63) is 89.8 Å². The number of rotatable bonds is 5. The van der Waals surface area contributed by atoms with Crippen molar-refractivity contribution in [1.82, 2.24) is 14.5 Å². The largest absolute Gasteiger partial charge is 0.381 e. The van der Waals surface area contributed by atoms with Crippen LogP contribution in [0.1, 0.15) is 36.2 Å². The van der Waals surface area contributed by atoms with E-state index < -0.39 is 5.60 Å². The molecule has 1 aliphatic heterocycles. The highest BCUT2D eigenvalue weighted by Gasteiger charge is 2.53. The van der Waals surface area contributed by atoms with Crippen molar-refractivity contribution in [3.63, 3.8) is 0 Å². The first-order valence-electron chi connectivity index (χ1n) is 10.9. The van der Waals surface area contributed by atoms with Gasteiger partial charge in [-0.3, -0.25) is 4.90 Å². The van der Waals surface area contributed by atoms with E-state index in [1.165, 1.54) is 11.6 Å². The van der Waals surface area contributed by atoms with Gasteiger partial charge in [-0.25, -0.2) is 9.37 Å². The van der Waals surface area contributed by atoms with Crippen molar-refractivity contribution >= 4 is 0 Å². The SMILES string of the molecule is OC1(c2nccn2Cc2ccccc2)[C@@H]2CCC[C@@H]1CN(Cc1ccccc1F)C2. The van der Waals surface area contributed by atoms with Gasteiger partial charge in [0.2, 0.25) is 0 Å². The van der Waals surface area contributed by atoms with E-state index in [9.17, 15) is 9.50 Å². The number of benzene rings is 2. The van der Waals surface area contributed by atoms with Gasteiger partial charge in [0.25, 0.3) is 0 Å². The van der Waals surface area contributed by atoms with Gasteiger partial charge in [-0.15, -0.1) is 0 Å². The Labute approximate surface area is 177 Å². The molecule has 1 aromatic heterocycles. The Bertz CT molecular complexity index is 988. The standard InChI is InChI=1S/C25H28FN3O/c26-23-12-5-4-9-20(23)16-28-17-21-10-6-11-22(18-28)25(21,30)24-27-13-14-29(24)15-19-7-2-1-3-8-19/h1-5,7-9,12-14,21-22,30H,6,10-11,15-18H2/t21-,22-/m1/s1. The molecule has 30 heavy (non-hydrogen) atoms. The molecule has 3 aromatic rings. The Kier molecular flexibility index (Phi) is 5.17. The molecular weight excluding hydrogens is 377 g/mol. The van der Waals surface area contributed by atoms with E-state index in [1.807, 2.05) is 36.5 Å². The van der Waals surface area contributed by atoms with Crippen LogP contribution in [0.15, 0.2) is 67.0 Å². The van der Waals surface area contributed by atoms with Gasteiger partial charge in [-0.2, -0.15) is 0 Å². The van der Waals surface area contributed by atoms with Gasteiger partial charge in [-0.05, 0) is 24.5 Å². The summed E-state index contributed by atoms with van der Waals surface area (Å²) in [7, 11) is 0. The lowest BCUT2D eigenvalue weighted by atomic mass is 9.65. The molecule has 2 bridgehead atoms. The Morgan fingerprint density at radius 2 is 1.67 bits per heavy atom. The molecule has 2 fully saturated rings. The molecule has 0 unspecified atom stereocenters. The van der Waals surface area contributed by atoms with Crippen LogP contribution in [0.25, 0.3) is 0 Å². The third-order valence-corrected chi connectivity index (χ3v) is 6.93. The van der Waals surface area contributed by atoms with E-state index in [0.29, 0.717) is 13.1 Å². The summed E-state index contributed by atoms with van der Waals surface area (Å²) >= 11 is 0. The number of fused-ring (bicyclic) bond motifs is 2. The summed E-state index contributed by atoms with van der Waals surface area (Å²) in [5.74, 6) is 0.843. The summed E-state index contributed by atoms with van der Waals surface area (Å²) in [5, 5.41) is 12.0. The maximum atomic E-state index is 14.2. The minimum absolute atomic E-state index is 0.105. The zero-order valence-corrected chi connectivity index (χ0v) is 17.1. The van der Waals surface area contributed by atoms with E-state index >= 15 is 0 Å². The molecule has 1 saturated heterocycles. The molecule has 1 aliphatic carbocycles. The number of imidazole rings is 1. The summed E-state index contributed by atoms with van der Waals surface area (Å²) in [6, 6.07) is 17.3. The molecule has 5 rings (SSSR count). The lowest BCUT2D eigenvalue weighted by molar-refractivity contribution is -0.155. The van der Waals surface area contributed by atoms with Crippen LogP contribution in [0.3, 0.4) is 0 Å². The smallest absolute Gasteiger partial charge is 0.141 e. The van der Waals surface area contributed by atoms with E-state index in [1.54, 1.807) is 12.3 Å². The highest BCUT2D eigenvalue weighted by Crippen LogP contribution is 2.49. The van der Waals surface area contributed by atoms with E-state index in [0.717, 1.165) is 43.7 Å². The summed E-state index contributed by atoms with van der Waals surface area (Å²) in [6.45, 7) is 2.82. The Morgan fingerprint density at radius 1 is 0.967 bits per heavy atom. The third kappa shape index (κ3) is 3.46. The van der Waals surface area contributed by atoms with Crippen LogP contribution < -0.4 is 0 Å². The van der Waals surface area contributed by atoms with Crippen molar-refractivity contribution < 1.29 is 9.50 Å². The van der Waals surface area contributed by atoms with Crippen LogP contribution in [0.2, 0.25) is 0 Å². The molecular formula is C25H28FN3O. The zero-order chi connectivity index (χ0) is 20.6. The van der Waals surface area contributed by atoms with Gasteiger partial charge in [0.1, 0.15) is 17.2 Å². The number of aliphatic hydroxyl groups is 1. The third-order valence-electron chi connectivity index (χ3n) is 6.93. The molecule has 2 heterocycles. The molecule has 4 nitrogen and oxygen atoms in total. The predicted octanol–water partition coefficient (Wildman–Crippen LogP) is 4.19. The number of piperidine rings is 1. The minimum Gasteiger partial charge on any atom is -0.381 e. The summed E-state index contributed by atoms with van der Waals surface area (Å²) in [5.41, 5.74) is 0.997. The van der Waals surface area contributed by atoms with Crippen LogP contribution in [0.4, 0.5) is 4.39 Å². The van der Waals surface area contributed by atoms with Crippen molar-refractivity contribution in [1.29, 1.82) is 0 Å². The molecule has 2 aromatic carbocycles. The molecule has 1 saturated carbocycles. The molecule has 2 aliphatic rings. The second-order valence-electron chi connectivity index (χ2n) is 8.80. The normalized spacial score (nSPS) is 26.6. The predicted molar refractivity (Wildman–Crippen MR) is 114 cm³/mol. The monoisotopic (exact) mass is 405 g/mol. The van der Waals surface area contributed by atoms with E-state index in [-0.39, 0.29) is 17.7 Å². The van der Waals surface area contributed by atoms with Crippen LogP contribution in [-0.2, 0) is 18.7 Å². The quantitative estimate of drug-likeness (QED) is 0.692. The lowest BCUT2D eigenvalue weighted by Gasteiger charge is -2.52. The Morgan fingerprint density at radius 3 is 2.40 bits per heavy atom. The topological polar surface area (TPSA) is 41.3 Å². The number of likely N-dealkylation sites (tertiary alicyclic amines) is 1. The summed E-state index contributed by atoms with van der Waals surface area (Å²) in [6.07, 6.45) is 6.85. The molecule has 0 radical (unpaired) electrons. The number of hydrogen-bond donors (Lipinski definition) is 1. The number of aromatic nitrogens is 2. The number of hydrogen-bond acceptors (Lipinski definition) is 3. The molecule has 1 N–H and O–H groups in total. The van der Waals surface area contributed by atoms with E-state index in [2.05, 4.69) is 26.6 Å². The van der Waals surface area contributed by atoms with Crippen molar-refractivity contribution in [2.24, 2.45) is 11.8 Å². The van der Waals surface area contributed by atoms with Crippen LogP contribution in [0.5, 0.6) is 0 Å². The van der Waals surface area contributed by atoms with Gasteiger partial charge in [0.05, 0.1) is 0 Å². The van der Waals surface area contributed by atoms with Gasteiger partial charge in [-0.1, -0.05) is 55.0 Å². The van der Waals surface area contributed by atoms with Gasteiger partial charge >= 0.3 is 0 Å². The maximum absolute atomic E-state index is 14.2. The fraction of sp³-hybridized carbons (Fsp3) is 0.400. The first-order valence-corrected chi connectivity index (χ1v) is 10.9. The maximum Gasteiger partial charge on any atom is 0.141 e. The summed E-state index contributed by atoms with van der Waals surface area (Å²) < 4.78 is 16.3. The second kappa shape index (κ2) is 7.97. The fourth-order valence-electron chi connectivity index (χ4n) is 5.47. The highest BCUT2D eigenvalue weighted by molar-refractivity contribution is 5.21. The van der Waals surface area contributed by atoms with Crippen LogP contribution >= 0.6 is 0 Å². The lowest BCUT2D eigenvalue weighted by Crippen LogP contribution is -2.58. The minimum atomic E-state index is -0.928. The Hall–Kier alpha value is -2.50. The van der Waals surface area contributed by atoms with Crippen molar-refractivity contribution in [2.75, 3.05) is 13.1 Å². The average molecular weight is 406 g/mol. The average Bonchev–Trinajstić information content (AvgIpc) is 3.20. The van der Waals surface area contributed by atoms with Crippen molar-refractivity contribution in [2.45, 2.75) is 38.0 Å².